The SMILES string of the molecule is O=C(Nc1cccc(-c2ccc(=O)[nH]n2)c1)c1cc([N+](=O)[O-])ccc1Cl. The van der Waals surface area contributed by atoms with Gasteiger partial charge in [-0.2, -0.15) is 5.10 Å². The number of anilines is 1. The van der Waals surface area contributed by atoms with Crippen LogP contribution >= 0.6 is 11.6 Å². The molecule has 26 heavy (non-hydrogen) atoms. The van der Waals surface area contributed by atoms with Crippen LogP contribution in [0, 0.1) is 10.1 Å². The third-order valence-electron chi connectivity index (χ3n) is 3.50. The van der Waals surface area contributed by atoms with E-state index >= 15 is 0 Å². The predicted octanol–water partition coefficient (Wildman–Crippen LogP) is 3.25. The molecule has 0 atom stereocenters. The smallest absolute Gasteiger partial charge is 0.270 e. The average Bonchev–Trinajstić information content (AvgIpc) is 2.62. The number of aromatic nitrogens is 2. The van der Waals surface area contributed by atoms with Crippen molar-refractivity contribution in [3.8, 4) is 11.3 Å². The number of nitrogens with zero attached hydrogens (tertiary/aromatic N) is 2. The second-order valence-electron chi connectivity index (χ2n) is 5.26. The molecule has 0 radical (unpaired) electrons. The van der Waals surface area contributed by atoms with Gasteiger partial charge >= 0.3 is 0 Å². The number of nitro benzene ring substituents is 1. The van der Waals surface area contributed by atoms with Gasteiger partial charge in [-0.05, 0) is 24.3 Å². The molecule has 0 saturated carbocycles. The Bertz CT molecular complexity index is 1040. The fourth-order valence-electron chi connectivity index (χ4n) is 2.26. The molecule has 0 unspecified atom stereocenters. The number of rotatable bonds is 4. The quantitative estimate of drug-likeness (QED) is 0.539. The van der Waals surface area contributed by atoms with Crippen LogP contribution in [0.4, 0.5) is 11.4 Å². The zero-order valence-electron chi connectivity index (χ0n) is 13.1. The Hall–Kier alpha value is -3.52. The van der Waals surface area contributed by atoms with E-state index in [1.807, 2.05) is 0 Å². The second kappa shape index (κ2) is 7.16. The number of carbonyl (C=O) groups excluding carboxylic acids is 1. The number of hydrogen-bond donors (Lipinski definition) is 2. The van der Waals surface area contributed by atoms with E-state index in [-0.39, 0.29) is 21.8 Å². The first kappa shape index (κ1) is 17.3. The van der Waals surface area contributed by atoms with Crippen LogP contribution in [0.2, 0.25) is 5.02 Å². The highest BCUT2D eigenvalue weighted by molar-refractivity contribution is 6.34. The lowest BCUT2D eigenvalue weighted by Crippen LogP contribution is -2.13. The number of nitrogens with one attached hydrogen (secondary N) is 2. The van der Waals surface area contributed by atoms with Gasteiger partial charge in [-0.15, -0.1) is 0 Å². The second-order valence-corrected chi connectivity index (χ2v) is 5.67. The van der Waals surface area contributed by atoms with E-state index in [2.05, 4.69) is 15.5 Å². The van der Waals surface area contributed by atoms with Crippen molar-refractivity contribution in [3.63, 3.8) is 0 Å². The number of carbonyl (C=O) groups is 1. The molecule has 0 aliphatic rings. The highest BCUT2D eigenvalue weighted by Gasteiger charge is 2.16. The summed E-state index contributed by atoms with van der Waals surface area (Å²) in [5.74, 6) is -0.578. The third kappa shape index (κ3) is 3.76. The van der Waals surface area contributed by atoms with Crippen LogP contribution in [0.3, 0.4) is 0 Å². The van der Waals surface area contributed by atoms with Crippen molar-refractivity contribution in [3.05, 3.63) is 85.7 Å². The molecule has 0 fully saturated rings. The van der Waals surface area contributed by atoms with Crippen molar-refractivity contribution in [1.82, 2.24) is 10.2 Å². The zero-order valence-corrected chi connectivity index (χ0v) is 13.9. The minimum Gasteiger partial charge on any atom is -0.322 e. The van der Waals surface area contributed by atoms with Crippen molar-refractivity contribution in [2.45, 2.75) is 0 Å². The van der Waals surface area contributed by atoms with Gasteiger partial charge in [0.2, 0.25) is 0 Å². The van der Waals surface area contributed by atoms with Crippen LogP contribution in [-0.4, -0.2) is 21.0 Å². The van der Waals surface area contributed by atoms with E-state index in [1.54, 1.807) is 30.3 Å². The molecule has 9 heteroatoms. The summed E-state index contributed by atoms with van der Waals surface area (Å²) in [6, 6.07) is 13.3. The molecule has 3 rings (SSSR count). The molecule has 0 saturated heterocycles. The summed E-state index contributed by atoms with van der Waals surface area (Å²) in [6.07, 6.45) is 0. The zero-order chi connectivity index (χ0) is 18.7. The lowest BCUT2D eigenvalue weighted by atomic mass is 10.1. The third-order valence-corrected chi connectivity index (χ3v) is 3.83. The van der Waals surface area contributed by atoms with Gasteiger partial charge in [0.15, 0.2) is 0 Å². The van der Waals surface area contributed by atoms with E-state index in [1.165, 1.54) is 18.2 Å². The largest absolute Gasteiger partial charge is 0.322 e. The summed E-state index contributed by atoms with van der Waals surface area (Å²) < 4.78 is 0. The van der Waals surface area contributed by atoms with Crippen molar-refractivity contribution < 1.29 is 9.72 Å². The molecular weight excluding hydrogens is 360 g/mol. The monoisotopic (exact) mass is 370 g/mol. The molecule has 8 nitrogen and oxygen atoms in total. The number of nitro groups is 1. The van der Waals surface area contributed by atoms with Crippen LogP contribution in [-0.2, 0) is 0 Å². The van der Waals surface area contributed by atoms with E-state index in [9.17, 15) is 19.7 Å². The molecule has 130 valence electrons. The number of benzene rings is 2. The Morgan fingerprint density at radius 1 is 1.15 bits per heavy atom. The first-order valence-corrected chi connectivity index (χ1v) is 7.73. The maximum absolute atomic E-state index is 12.4. The average molecular weight is 371 g/mol. The fourth-order valence-corrected chi connectivity index (χ4v) is 2.46. The summed E-state index contributed by atoms with van der Waals surface area (Å²) in [5.41, 5.74) is 1.08. The number of hydrogen-bond acceptors (Lipinski definition) is 5. The van der Waals surface area contributed by atoms with E-state index in [0.29, 0.717) is 16.9 Å². The Balaban J connectivity index is 1.87. The Morgan fingerprint density at radius 2 is 1.96 bits per heavy atom. The predicted molar refractivity (Wildman–Crippen MR) is 96.4 cm³/mol. The number of non-ortho nitro benzene ring substituents is 1. The lowest BCUT2D eigenvalue weighted by molar-refractivity contribution is -0.384. The minimum atomic E-state index is -0.602. The van der Waals surface area contributed by atoms with Gasteiger partial charge in [0, 0.05) is 29.4 Å². The number of halogens is 1. The molecular formula is C17H11ClN4O4. The number of H-pyrrole nitrogens is 1. The van der Waals surface area contributed by atoms with E-state index in [0.717, 1.165) is 6.07 Å². The number of amides is 1. The summed E-state index contributed by atoms with van der Waals surface area (Å²) in [6.45, 7) is 0. The van der Waals surface area contributed by atoms with Crippen molar-refractivity contribution in [2.75, 3.05) is 5.32 Å². The molecule has 1 amide bonds. The van der Waals surface area contributed by atoms with Gasteiger partial charge in [-0.1, -0.05) is 23.7 Å². The normalized spacial score (nSPS) is 10.3. The first-order chi connectivity index (χ1) is 12.4. The molecule has 2 N–H and O–H groups in total. The molecule has 0 spiro atoms. The van der Waals surface area contributed by atoms with Gasteiger partial charge < -0.3 is 5.32 Å². The van der Waals surface area contributed by atoms with Gasteiger partial charge in [0.25, 0.3) is 17.2 Å². The van der Waals surface area contributed by atoms with Crippen LogP contribution in [0.25, 0.3) is 11.3 Å². The molecule has 0 aliphatic carbocycles. The summed E-state index contributed by atoms with van der Waals surface area (Å²) >= 11 is 5.98. The van der Waals surface area contributed by atoms with E-state index in [4.69, 9.17) is 11.6 Å². The highest BCUT2D eigenvalue weighted by Crippen LogP contribution is 2.24. The summed E-state index contributed by atoms with van der Waals surface area (Å²) in [7, 11) is 0. The fraction of sp³-hybridized carbons (Fsp3) is 0. The Labute approximate surface area is 151 Å². The molecule has 0 aliphatic heterocycles. The standard InChI is InChI=1S/C17H11ClN4O4/c18-14-5-4-12(22(25)26)9-13(14)17(24)19-11-3-1-2-10(8-11)15-6-7-16(23)21-20-15/h1-9H,(H,19,24)(H,21,23). The van der Waals surface area contributed by atoms with Crippen molar-refractivity contribution in [2.24, 2.45) is 0 Å². The maximum Gasteiger partial charge on any atom is 0.270 e. The molecule has 2 aromatic carbocycles. The van der Waals surface area contributed by atoms with Crippen LogP contribution < -0.4 is 10.9 Å². The van der Waals surface area contributed by atoms with Gasteiger partial charge in [0.05, 0.1) is 21.2 Å². The van der Waals surface area contributed by atoms with Crippen molar-refractivity contribution in [1.29, 1.82) is 0 Å². The maximum atomic E-state index is 12.4. The Morgan fingerprint density at radius 3 is 2.65 bits per heavy atom. The minimum absolute atomic E-state index is 0.00608. The topological polar surface area (TPSA) is 118 Å². The summed E-state index contributed by atoms with van der Waals surface area (Å²) in [4.78, 5) is 33.8. The molecule has 3 aromatic rings. The van der Waals surface area contributed by atoms with Crippen molar-refractivity contribution >= 4 is 28.9 Å². The molecule has 1 aromatic heterocycles. The van der Waals surface area contributed by atoms with Crippen LogP contribution in [0.1, 0.15) is 10.4 Å². The van der Waals surface area contributed by atoms with E-state index < -0.39 is 10.8 Å². The van der Waals surface area contributed by atoms with Crippen LogP contribution in [0.5, 0.6) is 0 Å². The van der Waals surface area contributed by atoms with Gasteiger partial charge in [-0.25, -0.2) is 5.10 Å². The van der Waals surface area contributed by atoms with Gasteiger partial charge in [-0.3, -0.25) is 19.7 Å². The van der Waals surface area contributed by atoms with Crippen LogP contribution in [0.15, 0.2) is 59.4 Å². The van der Waals surface area contributed by atoms with Gasteiger partial charge in [0.1, 0.15) is 0 Å². The Kier molecular flexibility index (Phi) is 4.76. The molecule has 1 heterocycles. The summed E-state index contributed by atoms with van der Waals surface area (Å²) in [5, 5.41) is 19.9. The first-order valence-electron chi connectivity index (χ1n) is 7.35. The lowest BCUT2D eigenvalue weighted by Gasteiger charge is -2.08. The molecule has 0 bridgehead atoms. The number of aromatic amines is 1. The highest BCUT2D eigenvalue weighted by atomic mass is 35.5.